The third-order valence-corrected chi connectivity index (χ3v) is 4.11. The van der Waals surface area contributed by atoms with Gasteiger partial charge < -0.3 is 15.0 Å². The smallest absolute Gasteiger partial charge is 0.121 e. The van der Waals surface area contributed by atoms with Crippen LogP contribution in [0.15, 0.2) is 24.3 Å². The summed E-state index contributed by atoms with van der Waals surface area (Å²) < 4.78 is 5.76. The third-order valence-electron chi connectivity index (χ3n) is 4.11. The van der Waals surface area contributed by atoms with Crippen molar-refractivity contribution in [2.24, 2.45) is 5.41 Å². The number of hydrogen-bond donors (Lipinski definition) is 1. The Balaban J connectivity index is 1.87. The molecule has 1 aliphatic carbocycles. The van der Waals surface area contributed by atoms with E-state index in [1.54, 1.807) is 0 Å². The minimum atomic E-state index is 0.488. The Labute approximate surface area is 116 Å². The van der Waals surface area contributed by atoms with Gasteiger partial charge in [0.25, 0.3) is 0 Å². The van der Waals surface area contributed by atoms with Crippen LogP contribution in [0.5, 0.6) is 5.75 Å². The normalized spacial score (nSPS) is 18.2. The second kappa shape index (κ2) is 5.83. The number of ether oxygens (including phenoxy) is 1. The van der Waals surface area contributed by atoms with Crippen molar-refractivity contribution in [2.45, 2.75) is 32.7 Å². The average Bonchev–Trinajstić information content (AvgIpc) is 3.09. The van der Waals surface area contributed by atoms with Gasteiger partial charge in [-0.15, -0.1) is 0 Å². The predicted molar refractivity (Wildman–Crippen MR) is 80.9 cm³/mol. The van der Waals surface area contributed by atoms with Crippen LogP contribution in [-0.2, 0) is 0 Å². The molecule has 106 valence electrons. The van der Waals surface area contributed by atoms with E-state index in [9.17, 15) is 0 Å². The van der Waals surface area contributed by atoms with Gasteiger partial charge in [0, 0.05) is 24.3 Å². The van der Waals surface area contributed by atoms with Crippen molar-refractivity contribution in [1.82, 2.24) is 4.90 Å². The summed E-state index contributed by atoms with van der Waals surface area (Å²) in [5.41, 5.74) is 1.64. The molecule has 1 aromatic carbocycles. The molecular weight excluding hydrogens is 236 g/mol. The molecule has 1 N–H and O–H groups in total. The van der Waals surface area contributed by atoms with E-state index in [1.165, 1.54) is 12.8 Å². The minimum absolute atomic E-state index is 0.488. The molecule has 1 fully saturated rings. The van der Waals surface area contributed by atoms with Crippen molar-refractivity contribution in [3.63, 3.8) is 0 Å². The maximum absolute atomic E-state index is 5.76. The summed E-state index contributed by atoms with van der Waals surface area (Å²) in [5, 5.41) is 3.59. The van der Waals surface area contributed by atoms with E-state index in [1.807, 2.05) is 6.07 Å². The molecule has 0 aromatic heterocycles. The lowest BCUT2D eigenvalue weighted by Crippen LogP contribution is -2.24. The SMILES string of the molecule is CC(Nc1cccc(OCCN(C)C)c1)C1(C)CC1. The molecule has 1 unspecified atom stereocenters. The second-order valence-electron chi connectivity index (χ2n) is 6.20. The highest BCUT2D eigenvalue weighted by Gasteiger charge is 2.42. The van der Waals surface area contributed by atoms with Crippen LogP contribution in [-0.4, -0.2) is 38.2 Å². The molecule has 0 aliphatic heterocycles. The summed E-state index contributed by atoms with van der Waals surface area (Å²) in [7, 11) is 4.11. The van der Waals surface area contributed by atoms with E-state index in [0.29, 0.717) is 11.5 Å². The summed E-state index contributed by atoms with van der Waals surface area (Å²) in [4.78, 5) is 2.12. The van der Waals surface area contributed by atoms with Crippen LogP contribution in [0.25, 0.3) is 0 Å². The van der Waals surface area contributed by atoms with Crippen LogP contribution < -0.4 is 10.1 Å². The maximum atomic E-state index is 5.76. The molecule has 1 aliphatic rings. The first-order valence-corrected chi connectivity index (χ1v) is 7.14. The molecule has 1 saturated carbocycles. The maximum Gasteiger partial charge on any atom is 0.121 e. The topological polar surface area (TPSA) is 24.5 Å². The molecule has 0 radical (unpaired) electrons. The fourth-order valence-electron chi connectivity index (χ4n) is 2.08. The number of rotatable bonds is 7. The zero-order chi connectivity index (χ0) is 13.9. The summed E-state index contributed by atoms with van der Waals surface area (Å²) in [6.45, 7) is 6.28. The number of nitrogens with one attached hydrogen (secondary N) is 1. The highest BCUT2D eigenvalue weighted by Crippen LogP contribution is 2.48. The van der Waals surface area contributed by atoms with Gasteiger partial charge in [0.2, 0.25) is 0 Å². The fourth-order valence-corrected chi connectivity index (χ4v) is 2.08. The Morgan fingerprint density at radius 3 is 2.74 bits per heavy atom. The van der Waals surface area contributed by atoms with Gasteiger partial charge in [-0.25, -0.2) is 0 Å². The fraction of sp³-hybridized carbons (Fsp3) is 0.625. The van der Waals surface area contributed by atoms with E-state index in [-0.39, 0.29) is 0 Å². The van der Waals surface area contributed by atoms with Gasteiger partial charge in [0.05, 0.1) is 0 Å². The second-order valence-corrected chi connectivity index (χ2v) is 6.20. The van der Waals surface area contributed by atoms with Crippen LogP contribution in [0, 0.1) is 5.41 Å². The first-order chi connectivity index (χ1) is 8.99. The minimum Gasteiger partial charge on any atom is -0.492 e. The monoisotopic (exact) mass is 262 g/mol. The number of likely N-dealkylation sites (N-methyl/N-ethyl adjacent to an activating group) is 1. The van der Waals surface area contributed by atoms with E-state index < -0.39 is 0 Å². The van der Waals surface area contributed by atoms with E-state index in [2.05, 4.69) is 56.4 Å². The van der Waals surface area contributed by atoms with Crippen LogP contribution in [0.3, 0.4) is 0 Å². The molecule has 0 saturated heterocycles. The van der Waals surface area contributed by atoms with Gasteiger partial charge in [0.15, 0.2) is 0 Å². The largest absolute Gasteiger partial charge is 0.492 e. The molecule has 0 bridgehead atoms. The zero-order valence-electron chi connectivity index (χ0n) is 12.6. The van der Waals surface area contributed by atoms with E-state index in [4.69, 9.17) is 4.74 Å². The predicted octanol–water partition coefficient (Wildman–Crippen LogP) is 3.23. The lowest BCUT2D eigenvalue weighted by molar-refractivity contribution is 0.261. The van der Waals surface area contributed by atoms with Gasteiger partial charge in [-0.05, 0) is 51.4 Å². The molecule has 0 spiro atoms. The lowest BCUT2D eigenvalue weighted by Gasteiger charge is -2.22. The number of nitrogens with zero attached hydrogens (tertiary/aromatic N) is 1. The van der Waals surface area contributed by atoms with Gasteiger partial charge in [0.1, 0.15) is 12.4 Å². The molecule has 3 heteroatoms. The molecule has 19 heavy (non-hydrogen) atoms. The van der Waals surface area contributed by atoms with Crippen molar-refractivity contribution in [1.29, 1.82) is 0 Å². The standard InChI is InChI=1S/C16H26N2O/c1-13(16(2)8-9-16)17-14-6-5-7-15(12-14)19-11-10-18(3)4/h5-7,12-13,17H,8-11H2,1-4H3. The number of benzene rings is 1. The van der Waals surface area contributed by atoms with Crippen molar-refractivity contribution < 1.29 is 4.74 Å². The molecule has 0 heterocycles. The van der Waals surface area contributed by atoms with Gasteiger partial charge in [-0.2, -0.15) is 0 Å². The Hall–Kier alpha value is -1.22. The van der Waals surface area contributed by atoms with Gasteiger partial charge in [-0.3, -0.25) is 0 Å². The average molecular weight is 262 g/mol. The van der Waals surface area contributed by atoms with Crippen molar-refractivity contribution in [3.05, 3.63) is 24.3 Å². The zero-order valence-corrected chi connectivity index (χ0v) is 12.6. The summed E-state index contributed by atoms with van der Waals surface area (Å²) >= 11 is 0. The van der Waals surface area contributed by atoms with Crippen LogP contribution in [0.4, 0.5) is 5.69 Å². The number of hydrogen-bond acceptors (Lipinski definition) is 3. The molecular formula is C16H26N2O. The summed E-state index contributed by atoms with van der Waals surface area (Å²) in [6.07, 6.45) is 2.67. The molecule has 0 amide bonds. The van der Waals surface area contributed by atoms with Crippen LogP contribution >= 0.6 is 0 Å². The quantitative estimate of drug-likeness (QED) is 0.816. The van der Waals surface area contributed by atoms with Gasteiger partial charge >= 0.3 is 0 Å². The van der Waals surface area contributed by atoms with Crippen LogP contribution in [0.1, 0.15) is 26.7 Å². The van der Waals surface area contributed by atoms with Crippen LogP contribution in [0.2, 0.25) is 0 Å². The van der Waals surface area contributed by atoms with Crippen molar-refractivity contribution in [2.75, 3.05) is 32.6 Å². The highest BCUT2D eigenvalue weighted by molar-refractivity contribution is 5.49. The Morgan fingerprint density at radius 1 is 1.37 bits per heavy atom. The molecule has 3 nitrogen and oxygen atoms in total. The lowest BCUT2D eigenvalue weighted by atomic mass is 10.0. The summed E-state index contributed by atoms with van der Waals surface area (Å²) in [5.74, 6) is 0.944. The molecule has 2 rings (SSSR count). The van der Waals surface area contributed by atoms with Crippen molar-refractivity contribution in [3.8, 4) is 5.75 Å². The molecule has 1 aromatic rings. The Kier molecular flexibility index (Phi) is 4.35. The van der Waals surface area contributed by atoms with E-state index in [0.717, 1.165) is 24.6 Å². The van der Waals surface area contributed by atoms with E-state index >= 15 is 0 Å². The first-order valence-electron chi connectivity index (χ1n) is 7.14. The molecule has 1 atom stereocenters. The van der Waals surface area contributed by atoms with Gasteiger partial charge in [-0.1, -0.05) is 13.0 Å². The Morgan fingerprint density at radius 2 is 2.11 bits per heavy atom. The van der Waals surface area contributed by atoms with Crippen molar-refractivity contribution >= 4 is 5.69 Å². The number of anilines is 1. The summed E-state index contributed by atoms with van der Waals surface area (Å²) in [6, 6.07) is 8.79. The Bertz CT molecular complexity index is 413. The third kappa shape index (κ3) is 4.13. The highest BCUT2D eigenvalue weighted by atomic mass is 16.5. The first kappa shape index (κ1) is 14.2.